The van der Waals surface area contributed by atoms with Gasteiger partial charge in [-0.1, -0.05) is 48.4 Å². The third-order valence-corrected chi connectivity index (χ3v) is 3.81. The Kier molecular flexibility index (Phi) is 5.61. The van der Waals surface area contributed by atoms with Crippen molar-refractivity contribution in [1.82, 2.24) is 0 Å². The molecule has 23 heavy (non-hydrogen) atoms. The van der Waals surface area contributed by atoms with E-state index in [1.54, 1.807) is 7.11 Å². The quantitative estimate of drug-likeness (QED) is 0.482. The first-order valence-corrected chi connectivity index (χ1v) is 7.62. The van der Waals surface area contributed by atoms with Gasteiger partial charge in [0.05, 0.1) is 14.2 Å². The first kappa shape index (κ1) is 16.9. The van der Waals surface area contributed by atoms with E-state index < -0.39 is 11.4 Å². The van der Waals surface area contributed by atoms with Crippen LogP contribution in [0.2, 0.25) is 0 Å². The van der Waals surface area contributed by atoms with Crippen molar-refractivity contribution in [1.29, 1.82) is 0 Å². The van der Waals surface area contributed by atoms with Crippen LogP contribution in [0, 0.1) is 11.5 Å². The van der Waals surface area contributed by atoms with Crippen molar-refractivity contribution >= 4 is 16.2 Å². The van der Waals surface area contributed by atoms with Crippen molar-refractivity contribution < 1.29 is 14.3 Å². The van der Waals surface area contributed by atoms with Gasteiger partial charge in [-0.25, -0.2) is 0 Å². The van der Waals surface area contributed by atoms with Gasteiger partial charge < -0.3 is 9.47 Å². The van der Waals surface area contributed by atoms with Crippen molar-refractivity contribution in [3.8, 4) is 17.2 Å². The van der Waals surface area contributed by atoms with Crippen LogP contribution in [0.15, 0.2) is 54.6 Å². The van der Waals surface area contributed by atoms with Crippen LogP contribution >= 0.6 is 0 Å². The maximum atomic E-state index is 12.6. The molecular formula is C19H17O3Si. The van der Waals surface area contributed by atoms with E-state index in [1.807, 2.05) is 54.6 Å². The molecule has 0 N–H and O–H groups in total. The number of ether oxygens (including phenoxy) is 2. The highest BCUT2D eigenvalue weighted by Crippen LogP contribution is 2.32. The SMILES string of the molecule is COC(=O)C(C#C[Si])(Cc1ccccc1)c1cccc(OC)c1. The number of carbonyl (C=O) groups excluding carboxylic acids is 1. The van der Waals surface area contributed by atoms with Gasteiger partial charge in [-0.05, 0) is 23.3 Å². The van der Waals surface area contributed by atoms with Crippen LogP contribution in [0.25, 0.3) is 0 Å². The summed E-state index contributed by atoms with van der Waals surface area (Å²) in [5, 5.41) is 0. The number of methoxy groups -OCH3 is 2. The number of rotatable bonds is 5. The van der Waals surface area contributed by atoms with Crippen LogP contribution in [0.4, 0.5) is 0 Å². The van der Waals surface area contributed by atoms with Gasteiger partial charge in [0.1, 0.15) is 16.0 Å². The number of hydrogen-bond acceptors (Lipinski definition) is 3. The van der Waals surface area contributed by atoms with Crippen molar-refractivity contribution in [2.24, 2.45) is 0 Å². The molecule has 1 unspecified atom stereocenters. The Morgan fingerprint density at radius 3 is 2.48 bits per heavy atom. The highest BCUT2D eigenvalue weighted by molar-refractivity contribution is 6.22. The molecule has 0 fully saturated rings. The Morgan fingerprint density at radius 1 is 1.13 bits per heavy atom. The maximum Gasteiger partial charge on any atom is 0.328 e. The van der Waals surface area contributed by atoms with E-state index >= 15 is 0 Å². The second kappa shape index (κ2) is 7.66. The molecule has 4 heteroatoms. The fourth-order valence-electron chi connectivity index (χ4n) is 2.53. The highest BCUT2D eigenvalue weighted by atomic mass is 28.1. The first-order valence-electron chi connectivity index (χ1n) is 7.12. The molecule has 1 atom stereocenters. The zero-order chi connectivity index (χ0) is 16.7. The molecule has 2 aromatic rings. The molecule has 2 aromatic carbocycles. The monoisotopic (exact) mass is 321 g/mol. The second-order valence-corrected chi connectivity index (χ2v) is 5.29. The Balaban J connectivity index is 2.60. The van der Waals surface area contributed by atoms with Gasteiger partial charge in [-0.2, -0.15) is 0 Å². The molecule has 0 spiro atoms. The summed E-state index contributed by atoms with van der Waals surface area (Å²) in [4.78, 5) is 12.6. The fraction of sp³-hybridized carbons (Fsp3) is 0.211. The fourth-order valence-corrected chi connectivity index (χ4v) is 2.74. The minimum absolute atomic E-state index is 0.402. The van der Waals surface area contributed by atoms with Gasteiger partial charge in [-0.15, -0.1) is 5.54 Å². The lowest BCUT2D eigenvalue weighted by molar-refractivity contribution is -0.145. The van der Waals surface area contributed by atoms with Gasteiger partial charge in [-0.3, -0.25) is 4.79 Å². The van der Waals surface area contributed by atoms with E-state index in [0.717, 1.165) is 11.1 Å². The van der Waals surface area contributed by atoms with Gasteiger partial charge in [0.2, 0.25) is 0 Å². The van der Waals surface area contributed by atoms with Crippen LogP contribution in [0.1, 0.15) is 11.1 Å². The van der Waals surface area contributed by atoms with Gasteiger partial charge in [0.25, 0.3) is 0 Å². The Bertz CT molecular complexity index is 731. The zero-order valence-corrected chi connectivity index (χ0v) is 14.1. The molecule has 0 aromatic heterocycles. The predicted molar refractivity (Wildman–Crippen MR) is 90.4 cm³/mol. The summed E-state index contributed by atoms with van der Waals surface area (Å²) in [6, 6.07) is 17.1. The molecule has 0 saturated heterocycles. The minimum atomic E-state index is -1.10. The van der Waals surface area contributed by atoms with E-state index in [1.165, 1.54) is 7.11 Å². The van der Waals surface area contributed by atoms with Gasteiger partial charge in [0, 0.05) is 6.42 Å². The lowest BCUT2D eigenvalue weighted by atomic mass is 9.76. The summed E-state index contributed by atoms with van der Waals surface area (Å²) in [5.41, 5.74) is 3.32. The zero-order valence-electron chi connectivity index (χ0n) is 13.1. The largest absolute Gasteiger partial charge is 0.497 e. The predicted octanol–water partition coefficient (Wildman–Crippen LogP) is 2.48. The molecule has 0 saturated carbocycles. The average Bonchev–Trinajstić information content (AvgIpc) is 2.61. The molecule has 115 valence electrons. The molecule has 3 nitrogen and oxygen atoms in total. The third-order valence-electron chi connectivity index (χ3n) is 3.68. The Hall–Kier alpha value is -2.51. The molecule has 0 heterocycles. The van der Waals surface area contributed by atoms with Crippen molar-refractivity contribution in [2.45, 2.75) is 11.8 Å². The van der Waals surface area contributed by atoms with Crippen LogP contribution < -0.4 is 4.74 Å². The summed E-state index contributed by atoms with van der Waals surface area (Å²) >= 11 is 0. The number of carbonyl (C=O) groups is 1. The molecular weight excluding hydrogens is 304 g/mol. The third kappa shape index (κ3) is 3.64. The van der Waals surface area contributed by atoms with Gasteiger partial charge >= 0.3 is 5.97 Å². The summed E-state index contributed by atoms with van der Waals surface area (Å²) in [6.45, 7) is 0. The van der Waals surface area contributed by atoms with Crippen LogP contribution in [-0.4, -0.2) is 30.4 Å². The lowest BCUT2D eigenvalue weighted by Gasteiger charge is -2.27. The number of benzene rings is 2. The summed E-state index contributed by atoms with van der Waals surface area (Å²) < 4.78 is 10.3. The highest BCUT2D eigenvalue weighted by Gasteiger charge is 2.40. The van der Waals surface area contributed by atoms with E-state index in [9.17, 15) is 4.79 Å². The van der Waals surface area contributed by atoms with E-state index in [-0.39, 0.29) is 0 Å². The van der Waals surface area contributed by atoms with Gasteiger partial charge in [0.15, 0.2) is 5.41 Å². The maximum absolute atomic E-state index is 12.6. The van der Waals surface area contributed by atoms with Crippen LogP contribution in [0.5, 0.6) is 5.75 Å². The minimum Gasteiger partial charge on any atom is -0.497 e. The van der Waals surface area contributed by atoms with Crippen molar-refractivity contribution in [3.63, 3.8) is 0 Å². The normalized spacial score (nSPS) is 12.5. The first-order chi connectivity index (χ1) is 11.2. The molecule has 3 radical (unpaired) electrons. The van der Waals surface area contributed by atoms with E-state index in [2.05, 4.69) is 21.7 Å². The Morgan fingerprint density at radius 2 is 1.87 bits per heavy atom. The standard InChI is InChI=1S/C19H17O3Si/c1-21-17-10-6-9-16(13-17)19(11-12-23,18(20)22-2)14-15-7-4-3-5-8-15/h3-10,13H,14H2,1-2H3. The molecule has 0 aliphatic carbocycles. The summed E-state index contributed by atoms with van der Waals surface area (Å²) in [7, 11) is 6.14. The van der Waals surface area contributed by atoms with Crippen LogP contribution in [0.3, 0.4) is 0 Å². The number of esters is 1. The topological polar surface area (TPSA) is 35.5 Å². The molecule has 0 aliphatic rings. The lowest BCUT2D eigenvalue weighted by Crippen LogP contribution is -2.38. The van der Waals surface area contributed by atoms with Crippen molar-refractivity contribution in [3.05, 3.63) is 65.7 Å². The Labute approximate surface area is 140 Å². The van der Waals surface area contributed by atoms with E-state index in [4.69, 9.17) is 9.47 Å². The molecule has 0 aliphatic heterocycles. The van der Waals surface area contributed by atoms with Crippen molar-refractivity contribution in [2.75, 3.05) is 14.2 Å². The van der Waals surface area contributed by atoms with E-state index in [0.29, 0.717) is 12.2 Å². The molecule has 0 bridgehead atoms. The summed E-state index contributed by atoms with van der Waals surface area (Å²) in [6.07, 6.45) is 0.408. The second-order valence-electron chi connectivity index (χ2n) is 5.04. The molecule has 2 rings (SSSR count). The summed E-state index contributed by atoms with van der Waals surface area (Å²) in [5.74, 6) is 3.26. The number of hydrogen-bond donors (Lipinski definition) is 0. The smallest absolute Gasteiger partial charge is 0.328 e. The average molecular weight is 321 g/mol. The van der Waals surface area contributed by atoms with Crippen LogP contribution in [-0.2, 0) is 21.4 Å². The molecule has 0 amide bonds.